The molecule has 1 heterocycles. The van der Waals surface area contributed by atoms with Crippen LogP contribution in [0.5, 0.6) is 0 Å². The number of fused-ring (bicyclic) bond motifs is 3. The number of anilines is 1. The summed E-state index contributed by atoms with van der Waals surface area (Å²) in [6.45, 7) is 1.19. The van der Waals surface area contributed by atoms with Crippen LogP contribution in [0, 0.1) is 0 Å². The fourth-order valence-electron chi connectivity index (χ4n) is 3.10. The fourth-order valence-corrected chi connectivity index (χ4v) is 3.10. The number of amides is 2. The number of rotatable bonds is 3. The highest BCUT2D eigenvalue weighted by molar-refractivity contribution is 6.07. The molecular weight excluding hydrogens is 308 g/mol. The SMILES string of the molecule is COC(=O)CN1C(=O)[C@H](NC(C)=O)Cc2c1ccc1ccccc21. The standard InChI is InChI=1S/C18H18N2O4/c1-11(21)19-15-9-14-13-6-4-3-5-12(13)7-8-16(14)20(18(15)23)10-17(22)24-2/h3-8,15H,9-10H2,1-2H3,(H,19,21)/t15-/m1/s1. The molecule has 2 amide bonds. The van der Waals surface area contributed by atoms with Gasteiger partial charge in [-0.2, -0.15) is 0 Å². The zero-order valence-corrected chi connectivity index (χ0v) is 13.5. The van der Waals surface area contributed by atoms with Crippen LogP contribution in [-0.2, 0) is 25.5 Å². The normalized spacial score (nSPS) is 16.7. The summed E-state index contributed by atoms with van der Waals surface area (Å²) in [5.74, 6) is -1.10. The number of nitrogens with zero attached hydrogens (tertiary/aromatic N) is 1. The van der Waals surface area contributed by atoms with Crippen LogP contribution in [0.4, 0.5) is 5.69 Å². The summed E-state index contributed by atoms with van der Waals surface area (Å²) in [6, 6.07) is 10.9. The van der Waals surface area contributed by atoms with E-state index >= 15 is 0 Å². The van der Waals surface area contributed by atoms with E-state index in [1.54, 1.807) is 0 Å². The van der Waals surface area contributed by atoms with Crippen LogP contribution in [0.2, 0.25) is 0 Å². The lowest BCUT2D eigenvalue weighted by atomic mass is 9.92. The fraction of sp³-hybridized carbons (Fsp3) is 0.278. The molecule has 1 aliphatic rings. The van der Waals surface area contributed by atoms with Gasteiger partial charge in [-0.1, -0.05) is 30.3 Å². The van der Waals surface area contributed by atoms with Gasteiger partial charge in [0.1, 0.15) is 12.6 Å². The Morgan fingerprint density at radius 1 is 1.25 bits per heavy atom. The number of hydrogen-bond acceptors (Lipinski definition) is 4. The molecule has 1 atom stereocenters. The van der Waals surface area contributed by atoms with Gasteiger partial charge < -0.3 is 10.1 Å². The molecule has 0 unspecified atom stereocenters. The van der Waals surface area contributed by atoms with Gasteiger partial charge in [0.2, 0.25) is 11.8 Å². The third kappa shape index (κ3) is 2.82. The van der Waals surface area contributed by atoms with Crippen molar-refractivity contribution in [1.29, 1.82) is 0 Å². The van der Waals surface area contributed by atoms with Gasteiger partial charge in [0.25, 0.3) is 0 Å². The van der Waals surface area contributed by atoms with Crippen LogP contribution in [-0.4, -0.2) is 37.5 Å². The molecule has 0 aliphatic carbocycles. The maximum absolute atomic E-state index is 12.7. The van der Waals surface area contributed by atoms with Gasteiger partial charge in [-0.15, -0.1) is 0 Å². The Balaban J connectivity index is 2.12. The van der Waals surface area contributed by atoms with Crippen molar-refractivity contribution in [2.45, 2.75) is 19.4 Å². The minimum atomic E-state index is -0.689. The predicted molar refractivity (Wildman–Crippen MR) is 89.6 cm³/mol. The van der Waals surface area contributed by atoms with E-state index in [4.69, 9.17) is 4.74 Å². The van der Waals surface area contributed by atoms with Crippen molar-refractivity contribution < 1.29 is 19.1 Å². The minimum absolute atomic E-state index is 0.184. The van der Waals surface area contributed by atoms with E-state index in [1.165, 1.54) is 18.9 Å². The maximum Gasteiger partial charge on any atom is 0.325 e. The number of ether oxygens (including phenoxy) is 1. The van der Waals surface area contributed by atoms with E-state index in [0.29, 0.717) is 12.1 Å². The Bertz CT molecular complexity index is 831. The molecule has 2 aromatic rings. The van der Waals surface area contributed by atoms with Crippen LogP contribution in [0.1, 0.15) is 12.5 Å². The van der Waals surface area contributed by atoms with Gasteiger partial charge in [0.05, 0.1) is 7.11 Å². The van der Waals surface area contributed by atoms with E-state index in [2.05, 4.69) is 5.32 Å². The lowest BCUT2D eigenvalue weighted by molar-refractivity contribution is -0.140. The second-order valence-corrected chi connectivity index (χ2v) is 5.74. The third-order valence-electron chi connectivity index (χ3n) is 4.17. The van der Waals surface area contributed by atoms with Crippen molar-refractivity contribution in [3.63, 3.8) is 0 Å². The number of nitrogens with one attached hydrogen (secondary N) is 1. The zero-order valence-electron chi connectivity index (χ0n) is 13.5. The lowest BCUT2D eigenvalue weighted by Crippen LogP contribution is -2.53. The van der Waals surface area contributed by atoms with E-state index in [0.717, 1.165) is 16.3 Å². The highest BCUT2D eigenvalue weighted by atomic mass is 16.5. The van der Waals surface area contributed by atoms with E-state index < -0.39 is 12.0 Å². The number of benzene rings is 2. The van der Waals surface area contributed by atoms with Crippen LogP contribution < -0.4 is 10.2 Å². The van der Waals surface area contributed by atoms with Crippen LogP contribution in [0.15, 0.2) is 36.4 Å². The lowest BCUT2D eigenvalue weighted by Gasteiger charge is -2.34. The highest BCUT2D eigenvalue weighted by Crippen LogP contribution is 2.34. The monoisotopic (exact) mass is 326 g/mol. The number of carbonyl (C=O) groups is 3. The first-order valence-corrected chi connectivity index (χ1v) is 7.67. The number of carbonyl (C=O) groups excluding carboxylic acids is 3. The van der Waals surface area contributed by atoms with Gasteiger partial charge in [0.15, 0.2) is 0 Å². The Kier molecular flexibility index (Phi) is 4.20. The number of methoxy groups -OCH3 is 1. The van der Waals surface area contributed by atoms with Crippen molar-refractivity contribution >= 4 is 34.2 Å². The van der Waals surface area contributed by atoms with Crippen molar-refractivity contribution in [3.05, 3.63) is 42.0 Å². The molecular formula is C18H18N2O4. The number of hydrogen-bond donors (Lipinski definition) is 1. The molecule has 0 fully saturated rings. The third-order valence-corrected chi connectivity index (χ3v) is 4.17. The Labute approximate surface area is 139 Å². The van der Waals surface area contributed by atoms with Crippen LogP contribution in [0.25, 0.3) is 10.8 Å². The first-order valence-electron chi connectivity index (χ1n) is 7.67. The molecule has 0 radical (unpaired) electrons. The molecule has 0 saturated carbocycles. The van der Waals surface area contributed by atoms with Gasteiger partial charge in [-0.25, -0.2) is 0 Å². The molecule has 6 heteroatoms. The average Bonchev–Trinajstić information content (AvgIpc) is 2.57. The topological polar surface area (TPSA) is 75.7 Å². The van der Waals surface area contributed by atoms with Crippen molar-refractivity contribution in [1.82, 2.24) is 5.32 Å². The molecule has 1 N–H and O–H groups in total. The Morgan fingerprint density at radius 3 is 2.71 bits per heavy atom. The first-order chi connectivity index (χ1) is 11.5. The summed E-state index contributed by atoms with van der Waals surface area (Å²) in [4.78, 5) is 37.3. The summed E-state index contributed by atoms with van der Waals surface area (Å²) in [5, 5.41) is 4.73. The largest absolute Gasteiger partial charge is 0.468 e. The van der Waals surface area contributed by atoms with Crippen LogP contribution in [0.3, 0.4) is 0 Å². The quantitative estimate of drug-likeness (QED) is 0.865. The maximum atomic E-state index is 12.7. The second-order valence-electron chi connectivity index (χ2n) is 5.74. The molecule has 0 aromatic heterocycles. The molecule has 6 nitrogen and oxygen atoms in total. The van der Waals surface area contributed by atoms with E-state index in [9.17, 15) is 14.4 Å². The summed E-state index contributed by atoms with van der Waals surface area (Å²) in [6.07, 6.45) is 0.396. The average molecular weight is 326 g/mol. The molecule has 2 aromatic carbocycles. The molecule has 0 saturated heterocycles. The first kappa shape index (κ1) is 16.0. The summed E-state index contributed by atoms with van der Waals surface area (Å²) in [7, 11) is 1.28. The smallest absolute Gasteiger partial charge is 0.325 e. The van der Waals surface area contributed by atoms with Crippen LogP contribution >= 0.6 is 0 Å². The summed E-state index contributed by atoms with van der Waals surface area (Å²) >= 11 is 0. The molecule has 1 aliphatic heterocycles. The van der Waals surface area contributed by atoms with Gasteiger partial charge in [-0.05, 0) is 22.4 Å². The number of esters is 1. The zero-order chi connectivity index (χ0) is 17.3. The molecule has 24 heavy (non-hydrogen) atoms. The molecule has 3 rings (SSSR count). The van der Waals surface area contributed by atoms with Gasteiger partial charge in [-0.3, -0.25) is 19.3 Å². The van der Waals surface area contributed by atoms with Crippen molar-refractivity contribution in [2.24, 2.45) is 0 Å². The molecule has 0 spiro atoms. The molecule has 0 bridgehead atoms. The second kappa shape index (κ2) is 6.31. The summed E-state index contributed by atoms with van der Waals surface area (Å²) < 4.78 is 4.70. The Hall–Kier alpha value is -2.89. The predicted octanol–water partition coefficient (Wildman–Crippen LogP) is 1.41. The van der Waals surface area contributed by atoms with E-state index in [1.807, 2.05) is 36.4 Å². The summed E-state index contributed by atoms with van der Waals surface area (Å²) in [5.41, 5.74) is 1.63. The van der Waals surface area contributed by atoms with Crippen molar-refractivity contribution in [2.75, 3.05) is 18.6 Å². The van der Waals surface area contributed by atoms with E-state index in [-0.39, 0.29) is 18.4 Å². The van der Waals surface area contributed by atoms with Crippen molar-refractivity contribution in [3.8, 4) is 0 Å². The Morgan fingerprint density at radius 2 is 2.00 bits per heavy atom. The van der Waals surface area contributed by atoms with Gasteiger partial charge >= 0.3 is 5.97 Å². The minimum Gasteiger partial charge on any atom is -0.468 e. The highest BCUT2D eigenvalue weighted by Gasteiger charge is 2.35. The van der Waals surface area contributed by atoms with Gasteiger partial charge in [0, 0.05) is 19.0 Å². The molecule has 124 valence electrons.